The van der Waals surface area contributed by atoms with Gasteiger partial charge >= 0.3 is 0 Å². The molecule has 0 spiro atoms. The fourth-order valence-corrected chi connectivity index (χ4v) is 4.30. The van der Waals surface area contributed by atoms with Crippen LogP contribution in [0.5, 0.6) is 0 Å². The number of carbonyl (C=O) groups excluding carboxylic acids is 4. The SMILES string of the molecule is O=C1c2ccc(N3CCCC3=O)cc2C(=O)c2ccc(N3CCCC3=O)cc21. The van der Waals surface area contributed by atoms with E-state index < -0.39 is 0 Å². The Labute approximate surface area is 161 Å². The van der Waals surface area contributed by atoms with Crippen molar-refractivity contribution in [1.82, 2.24) is 0 Å². The molecule has 2 heterocycles. The quantitative estimate of drug-likeness (QED) is 0.691. The van der Waals surface area contributed by atoms with Crippen LogP contribution in [0.15, 0.2) is 36.4 Å². The van der Waals surface area contributed by atoms with Crippen LogP contribution in [0.2, 0.25) is 0 Å². The Hall–Kier alpha value is -3.28. The van der Waals surface area contributed by atoms with E-state index in [0.717, 1.165) is 12.8 Å². The van der Waals surface area contributed by atoms with Crippen molar-refractivity contribution >= 4 is 34.8 Å². The molecule has 2 fully saturated rings. The smallest absolute Gasteiger partial charge is 0.227 e. The molecule has 28 heavy (non-hydrogen) atoms. The van der Waals surface area contributed by atoms with Crippen LogP contribution >= 0.6 is 0 Å². The van der Waals surface area contributed by atoms with E-state index in [1.165, 1.54) is 0 Å². The van der Waals surface area contributed by atoms with E-state index >= 15 is 0 Å². The molecule has 2 aromatic carbocycles. The third-order valence-corrected chi connectivity index (χ3v) is 5.75. The minimum absolute atomic E-state index is 0.0369. The lowest BCUT2D eigenvalue weighted by atomic mass is 9.83. The summed E-state index contributed by atoms with van der Waals surface area (Å²) in [6.45, 7) is 1.26. The van der Waals surface area contributed by atoms with Gasteiger partial charge in [-0.3, -0.25) is 19.2 Å². The third-order valence-electron chi connectivity index (χ3n) is 5.75. The maximum Gasteiger partial charge on any atom is 0.227 e. The molecule has 6 nitrogen and oxygen atoms in total. The molecule has 3 aliphatic rings. The molecule has 0 N–H and O–H groups in total. The molecule has 1 aliphatic carbocycles. The van der Waals surface area contributed by atoms with E-state index in [-0.39, 0.29) is 23.4 Å². The first-order chi connectivity index (χ1) is 13.5. The van der Waals surface area contributed by atoms with Crippen molar-refractivity contribution in [1.29, 1.82) is 0 Å². The molecule has 2 aromatic rings. The van der Waals surface area contributed by atoms with E-state index in [1.807, 2.05) is 0 Å². The van der Waals surface area contributed by atoms with Crippen molar-refractivity contribution in [3.63, 3.8) is 0 Å². The molecular formula is C22H18N2O4. The van der Waals surface area contributed by atoms with Crippen molar-refractivity contribution in [2.24, 2.45) is 0 Å². The lowest BCUT2D eigenvalue weighted by Gasteiger charge is -2.23. The summed E-state index contributed by atoms with van der Waals surface area (Å²) in [5.74, 6) is -0.375. The number of anilines is 2. The molecule has 2 saturated heterocycles. The minimum atomic E-state index is -0.225. The zero-order valence-corrected chi connectivity index (χ0v) is 15.2. The second-order valence-electron chi connectivity index (χ2n) is 7.42. The van der Waals surface area contributed by atoms with E-state index in [9.17, 15) is 19.2 Å². The normalized spacial score (nSPS) is 18.7. The average molecular weight is 374 g/mol. The van der Waals surface area contributed by atoms with Crippen LogP contribution in [0.25, 0.3) is 0 Å². The van der Waals surface area contributed by atoms with Crippen LogP contribution in [0.3, 0.4) is 0 Å². The van der Waals surface area contributed by atoms with Gasteiger partial charge in [0.05, 0.1) is 0 Å². The van der Waals surface area contributed by atoms with Crippen LogP contribution in [0, 0.1) is 0 Å². The van der Waals surface area contributed by atoms with Crippen molar-refractivity contribution < 1.29 is 19.2 Å². The molecule has 6 heteroatoms. The predicted molar refractivity (Wildman–Crippen MR) is 103 cm³/mol. The van der Waals surface area contributed by atoms with Gasteiger partial charge in [-0.1, -0.05) is 0 Å². The number of carbonyl (C=O) groups is 4. The summed E-state index contributed by atoms with van der Waals surface area (Å²) in [4.78, 5) is 53.5. The van der Waals surface area contributed by atoms with Gasteiger partial charge in [-0.05, 0) is 49.2 Å². The van der Waals surface area contributed by atoms with Crippen LogP contribution in [0.4, 0.5) is 11.4 Å². The first-order valence-corrected chi connectivity index (χ1v) is 9.53. The highest BCUT2D eigenvalue weighted by Gasteiger charge is 2.33. The van der Waals surface area contributed by atoms with Crippen LogP contribution in [-0.4, -0.2) is 36.5 Å². The summed E-state index contributed by atoms with van der Waals surface area (Å²) < 4.78 is 0. The maximum atomic E-state index is 13.1. The number of rotatable bonds is 2. The Bertz CT molecular complexity index is 987. The fraction of sp³-hybridized carbons (Fsp3) is 0.273. The molecule has 0 bridgehead atoms. The monoisotopic (exact) mass is 374 g/mol. The van der Waals surface area contributed by atoms with E-state index in [0.29, 0.717) is 59.6 Å². The number of ketones is 2. The maximum absolute atomic E-state index is 13.1. The van der Waals surface area contributed by atoms with Crippen molar-refractivity contribution in [3.05, 3.63) is 58.7 Å². The first kappa shape index (κ1) is 16.9. The predicted octanol–water partition coefficient (Wildman–Crippen LogP) is 2.72. The largest absolute Gasteiger partial charge is 0.312 e. The Balaban J connectivity index is 1.56. The topological polar surface area (TPSA) is 74.8 Å². The number of hydrogen-bond acceptors (Lipinski definition) is 4. The lowest BCUT2D eigenvalue weighted by molar-refractivity contribution is -0.117. The Morgan fingerprint density at radius 2 is 1.00 bits per heavy atom. The van der Waals surface area contributed by atoms with Gasteiger partial charge < -0.3 is 9.80 Å². The zero-order chi connectivity index (χ0) is 19.4. The second-order valence-corrected chi connectivity index (χ2v) is 7.42. The summed E-state index contributed by atoms with van der Waals surface area (Å²) in [7, 11) is 0. The highest BCUT2D eigenvalue weighted by Crippen LogP contribution is 2.34. The fourth-order valence-electron chi connectivity index (χ4n) is 4.30. The van der Waals surface area contributed by atoms with Gasteiger partial charge in [0.15, 0.2) is 11.6 Å². The standard InChI is InChI=1S/C22H18N2O4/c25-19-3-1-9-23(19)13-5-7-15-17(11-13)21(27)16-8-6-14(12-18(16)22(15)28)24-10-2-4-20(24)26/h5-8,11-12H,1-4,9-10H2. The van der Waals surface area contributed by atoms with Gasteiger partial charge in [-0.15, -0.1) is 0 Å². The summed E-state index contributed by atoms with van der Waals surface area (Å²) >= 11 is 0. The molecule has 0 atom stereocenters. The van der Waals surface area contributed by atoms with Gasteiger partial charge in [0.2, 0.25) is 11.8 Å². The van der Waals surface area contributed by atoms with Crippen molar-refractivity contribution in [2.45, 2.75) is 25.7 Å². The van der Waals surface area contributed by atoms with Crippen LogP contribution in [-0.2, 0) is 9.59 Å². The highest BCUT2D eigenvalue weighted by atomic mass is 16.2. The summed E-state index contributed by atoms with van der Waals surface area (Å²) in [6.07, 6.45) is 2.60. The highest BCUT2D eigenvalue weighted by molar-refractivity contribution is 6.29. The van der Waals surface area contributed by atoms with E-state index in [1.54, 1.807) is 46.2 Å². The number of nitrogens with zero attached hydrogens (tertiary/aromatic N) is 2. The van der Waals surface area contributed by atoms with Gasteiger partial charge in [-0.2, -0.15) is 0 Å². The molecule has 0 aromatic heterocycles. The zero-order valence-electron chi connectivity index (χ0n) is 15.2. The summed E-state index contributed by atoms with van der Waals surface area (Å²) in [5, 5.41) is 0. The summed E-state index contributed by atoms with van der Waals surface area (Å²) in [6, 6.07) is 10.0. The number of hydrogen-bond donors (Lipinski definition) is 0. The number of amides is 2. The van der Waals surface area contributed by atoms with Crippen molar-refractivity contribution in [2.75, 3.05) is 22.9 Å². The van der Waals surface area contributed by atoms with E-state index in [4.69, 9.17) is 0 Å². The second kappa shape index (κ2) is 6.12. The Morgan fingerprint density at radius 3 is 1.36 bits per heavy atom. The van der Waals surface area contributed by atoms with Gasteiger partial charge in [-0.25, -0.2) is 0 Å². The van der Waals surface area contributed by atoms with Gasteiger partial charge in [0.1, 0.15) is 0 Å². The molecular weight excluding hydrogens is 356 g/mol. The number of benzene rings is 2. The van der Waals surface area contributed by atoms with Crippen LogP contribution in [0.1, 0.15) is 57.5 Å². The lowest BCUT2D eigenvalue weighted by Crippen LogP contribution is -2.27. The molecule has 0 unspecified atom stereocenters. The molecule has 5 rings (SSSR count). The molecule has 140 valence electrons. The number of fused-ring (bicyclic) bond motifs is 2. The Morgan fingerprint density at radius 1 is 0.571 bits per heavy atom. The third kappa shape index (κ3) is 2.41. The Kier molecular flexibility index (Phi) is 3.69. The van der Waals surface area contributed by atoms with Gasteiger partial charge in [0, 0.05) is 59.6 Å². The molecule has 2 aliphatic heterocycles. The average Bonchev–Trinajstić information content (AvgIpc) is 3.33. The van der Waals surface area contributed by atoms with E-state index in [2.05, 4.69) is 0 Å². The molecule has 0 saturated carbocycles. The van der Waals surface area contributed by atoms with Crippen molar-refractivity contribution in [3.8, 4) is 0 Å². The first-order valence-electron chi connectivity index (χ1n) is 9.53. The summed E-state index contributed by atoms with van der Waals surface area (Å²) in [5.41, 5.74) is 2.67. The minimum Gasteiger partial charge on any atom is -0.312 e. The molecule has 0 radical (unpaired) electrons. The van der Waals surface area contributed by atoms with Gasteiger partial charge in [0.25, 0.3) is 0 Å². The molecule has 2 amide bonds. The van der Waals surface area contributed by atoms with Crippen LogP contribution < -0.4 is 9.80 Å².